The third-order valence-corrected chi connectivity index (χ3v) is 7.01. The van der Waals surface area contributed by atoms with Crippen molar-refractivity contribution in [3.8, 4) is 0 Å². The Hall–Kier alpha value is -0.470. The molecule has 0 spiro atoms. The molecule has 0 amide bonds. The summed E-state index contributed by atoms with van der Waals surface area (Å²) in [7, 11) is 0.234. The molecule has 1 saturated heterocycles. The van der Waals surface area contributed by atoms with Crippen molar-refractivity contribution in [1.29, 1.82) is 0 Å². The molecule has 1 N–H and O–H groups in total. The van der Waals surface area contributed by atoms with Gasteiger partial charge in [0.2, 0.25) is 0 Å². The van der Waals surface area contributed by atoms with Crippen LogP contribution in [0.5, 0.6) is 0 Å². The van der Waals surface area contributed by atoms with Crippen LogP contribution in [-0.4, -0.2) is 46.6 Å². The van der Waals surface area contributed by atoms with Crippen molar-refractivity contribution in [2.24, 2.45) is 5.92 Å². The molecule has 114 valence electrons. The van der Waals surface area contributed by atoms with E-state index in [-0.39, 0.29) is 0 Å². The summed E-state index contributed by atoms with van der Waals surface area (Å²) in [4.78, 5) is 1.04. The number of piperidine rings is 1. The number of hydrogen-bond donors (Lipinski definition) is 1. The van der Waals surface area contributed by atoms with Crippen molar-refractivity contribution in [1.82, 2.24) is 9.62 Å². The predicted molar refractivity (Wildman–Crippen MR) is 80.4 cm³/mol. The van der Waals surface area contributed by atoms with Gasteiger partial charge in [-0.1, -0.05) is 0 Å². The highest BCUT2D eigenvalue weighted by atomic mass is 32.2. The third kappa shape index (κ3) is 3.59. The SMILES string of the molecule is CNCc1ccc(S(=O)(=O)N2CCC(COC)CC2)s1. The van der Waals surface area contributed by atoms with Crippen LogP contribution >= 0.6 is 11.3 Å². The van der Waals surface area contributed by atoms with Gasteiger partial charge in [0.25, 0.3) is 10.0 Å². The smallest absolute Gasteiger partial charge is 0.252 e. The number of hydrogen-bond acceptors (Lipinski definition) is 5. The quantitative estimate of drug-likeness (QED) is 0.864. The Labute approximate surface area is 125 Å². The number of ether oxygens (including phenoxy) is 1. The zero-order valence-electron chi connectivity index (χ0n) is 12.0. The average Bonchev–Trinajstić information content (AvgIpc) is 2.90. The number of sulfonamides is 1. The van der Waals surface area contributed by atoms with Crippen molar-refractivity contribution in [3.63, 3.8) is 0 Å². The van der Waals surface area contributed by atoms with Crippen molar-refractivity contribution in [2.45, 2.75) is 23.6 Å². The van der Waals surface area contributed by atoms with E-state index in [1.165, 1.54) is 11.3 Å². The summed E-state index contributed by atoms with van der Waals surface area (Å²) in [6, 6.07) is 3.60. The van der Waals surface area contributed by atoms with E-state index in [9.17, 15) is 8.42 Å². The zero-order valence-corrected chi connectivity index (χ0v) is 13.6. The van der Waals surface area contributed by atoms with Crippen LogP contribution in [0.2, 0.25) is 0 Å². The molecule has 1 aliphatic heterocycles. The molecule has 0 bridgehead atoms. The lowest BCUT2D eigenvalue weighted by Crippen LogP contribution is -2.39. The number of rotatable bonds is 6. The normalized spacial score (nSPS) is 18.5. The van der Waals surface area contributed by atoms with Crippen LogP contribution < -0.4 is 5.32 Å². The van der Waals surface area contributed by atoms with Gasteiger partial charge in [-0.3, -0.25) is 0 Å². The molecule has 1 aliphatic rings. The maximum atomic E-state index is 12.6. The summed E-state index contributed by atoms with van der Waals surface area (Å²) >= 11 is 1.35. The molecule has 1 aromatic rings. The highest BCUT2D eigenvalue weighted by Crippen LogP contribution is 2.28. The van der Waals surface area contributed by atoms with Gasteiger partial charge in [-0.05, 0) is 37.9 Å². The van der Waals surface area contributed by atoms with E-state index >= 15 is 0 Å². The maximum absolute atomic E-state index is 12.6. The van der Waals surface area contributed by atoms with Crippen LogP contribution in [0.15, 0.2) is 16.3 Å². The second-order valence-corrected chi connectivity index (χ2v) is 8.39. The minimum atomic E-state index is -3.31. The fourth-order valence-corrected chi connectivity index (χ4v) is 5.44. The first-order valence-electron chi connectivity index (χ1n) is 6.80. The lowest BCUT2D eigenvalue weighted by atomic mass is 9.99. The first-order valence-corrected chi connectivity index (χ1v) is 9.06. The van der Waals surface area contributed by atoms with E-state index in [4.69, 9.17) is 4.74 Å². The van der Waals surface area contributed by atoms with Gasteiger partial charge >= 0.3 is 0 Å². The molecule has 0 aliphatic carbocycles. The summed E-state index contributed by atoms with van der Waals surface area (Å²) < 4.78 is 32.3. The van der Waals surface area contributed by atoms with Gasteiger partial charge < -0.3 is 10.1 Å². The molecule has 0 radical (unpaired) electrons. The summed E-state index contributed by atoms with van der Waals surface area (Å²) in [6.07, 6.45) is 1.75. The average molecular weight is 318 g/mol. The Morgan fingerprint density at radius 1 is 1.40 bits per heavy atom. The van der Waals surface area contributed by atoms with Crippen LogP contribution in [-0.2, 0) is 21.3 Å². The molecule has 0 unspecified atom stereocenters. The molecule has 2 heterocycles. The van der Waals surface area contributed by atoms with E-state index in [2.05, 4.69) is 5.32 Å². The van der Waals surface area contributed by atoms with Crippen molar-refractivity contribution in [3.05, 3.63) is 17.0 Å². The molecule has 20 heavy (non-hydrogen) atoms. The van der Waals surface area contributed by atoms with Gasteiger partial charge in [0.15, 0.2) is 0 Å². The Morgan fingerprint density at radius 3 is 2.70 bits per heavy atom. The fourth-order valence-electron chi connectivity index (χ4n) is 2.45. The lowest BCUT2D eigenvalue weighted by Gasteiger charge is -2.30. The number of nitrogens with zero attached hydrogens (tertiary/aromatic N) is 1. The Bertz CT molecular complexity index is 519. The number of thiophene rings is 1. The molecule has 5 nitrogen and oxygen atoms in total. The van der Waals surface area contributed by atoms with Crippen LogP contribution in [0.25, 0.3) is 0 Å². The second-order valence-electron chi connectivity index (χ2n) is 5.05. The molecule has 0 aromatic carbocycles. The van der Waals surface area contributed by atoms with Gasteiger partial charge in [-0.2, -0.15) is 4.31 Å². The highest BCUT2D eigenvalue weighted by Gasteiger charge is 2.30. The molecular formula is C13H22N2O3S2. The molecule has 1 fully saturated rings. The Morgan fingerprint density at radius 2 is 2.10 bits per heavy atom. The number of methoxy groups -OCH3 is 1. The highest BCUT2D eigenvalue weighted by molar-refractivity contribution is 7.91. The first-order chi connectivity index (χ1) is 9.57. The molecule has 2 rings (SSSR count). The van der Waals surface area contributed by atoms with Gasteiger partial charge in [-0.15, -0.1) is 11.3 Å². The largest absolute Gasteiger partial charge is 0.384 e. The van der Waals surface area contributed by atoms with Crippen molar-refractivity contribution >= 4 is 21.4 Å². The van der Waals surface area contributed by atoms with Crippen LogP contribution in [0.1, 0.15) is 17.7 Å². The van der Waals surface area contributed by atoms with Crippen LogP contribution in [0.3, 0.4) is 0 Å². The number of nitrogens with one attached hydrogen (secondary N) is 1. The molecule has 0 atom stereocenters. The van der Waals surface area contributed by atoms with Gasteiger partial charge in [0, 0.05) is 38.2 Å². The van der Waals surface area contributed by atoms with E-state index in [0.717, 1.165) is 24.3 Å². The van der Waals surface area contributed by atoms with E-state index in [1.54, 1.807) is 17.5 Å². The predicted octanol–water partition coefficient (Wildman–Crippen LogP) is 1.51. The topological polar surface area (TPSA) is 58.6 Å². The fraction of sp³-hybridized carbons (Fsp3) is 0.692. The summed E-state index contributed by atoms with van der Waals surface area (Å²) in [5, 5.41) is 3.04. The van der Waals surface area contributed by atoms with E-state index < -0.39 is 10.0 Å². The second kappa shape index (κ2) is 7.00. The van der Waals surface area contributed by atoms with E-state index in [1.807, 2.05) is 13.1 Å². The maximum Gasteiger partial charge on any atom is 0.252 e. The summed E-state index contributed by atoms with van der Waals surface area (Å²) in [6.45, 7) is 2.61. The van der Waals surface area contributed by atoms with Crippen molar-refractivity contribution in [2.75, 3.05) is 33.9 Å². The van der Waals surface area contributed by atoms with Gasteiger partial charge in [0.1, 0.15) is 4.21 Å². The van der Waals surface area contributed by atoms with E-state index in [0.29, 0.717) is 29.8 Å². The van der Waals surface area contributed by atoms with Crippen LogP contribution in [0, 0.1) is 5.92 Å². The van der Waals surface area contributed by atoms with Gasteiger partial charge in [0.05, 0.1) is 0 Å². The van der Waals surface area contributed by atoms with Crippen molar-refractivity contribution < 1.29 is 13.2 Å². The molecule has 0 saturated carbocycles. The minimum Gasteiger partial charge on any atom is -0.384 e. The monoisotopic (exact) mass is 318 g/mol. The zero-order chi connectivity index (χ0) is 14.6. The molecular weight excluding hydrogens is 296 g/mol. The standard InChI is InChI=1S/C13H22N2O3S2/c1-14-9-12-3-4-13(19-12)20(16,17)15-7-5-11(6-8-15)10-18-2/h3-4,11,14H,5-10H2,1-2H3. The Kier molecular flexibility index (Phi) is 5.57. The molecule has 7 heteroatoms. The lowest BCUT2D eigenvalue weighted by molar-refractivity contribution is 0.121. The van der Waals surface area contributed by atoms with Gasteiger partial charge in [-0.25, -0.2) is 8.42 Å². The Balaban J connectivity index is 2.03. The molecule has 1 aromatic heterocycles. The summed E-state index contributed by atoms with van der Waals surface area (Å²) in [5.41, 5.74) is 0. The third-order valence-electron chi connectivity index (χ3n) is 3.56. The minimum absolute atomic E-state index is 0.452. The summed E-state index contributed by atoms with van der Waals surface area (Å²) in [5.74, 6) is 0.481. The first kappa shape index (κ1) is 15.9. The van der Waals surface area contributed by atoms with Crippen LogP contribution in [0.4, 0.5) is 0 Å².